The summed E-state index contributed by atoms with van der Waals surface area (Å²) in [6, 6.07) is 38.3. The molecule has 1 atom stereocenters. The molecule has 0 spiro atoms. The topological polar surface area (TPSA) is 23.6 Å². The van der Waals surface area contributed by atoms with Gasteiger partial charge in [-0.15, -0.1) is 0 Å². The summed E-state index contributed by atoms with van der Waals surface area (Å²) >= 11 is 3.62. The van der Waals surface area contributed by atoms with Gasteiger partial charge in [-0.05, 0) is 64.9 Å². The van der Waals surface area contributed by atoms with Gasteiger partial charge >= 0.3 is 0 Å². The van der Waals surface area contributed by atoms with Crippen molar-refractivity contribution in [1.82, 2.24) is 0 Å². The van der Waals surface area contributed by atoms with Crippen molar-refractivity contribution in [2.45, 2.75) is 32.9 Å². The molecule has 0 saturated heterocycles. The first kappa shape index (κ1) is 24.7. The van der Waals surface area contributed by atoms with Crippen molar-refractivity contribution in [1.29, 1.82) is 0 Å². The summed E-state index contributed by atoms with van der Waals surface area (Å²) in [5, 5.41) is 0. The van der Waals surface area contributed by atoms with E-state index in [4.69, 9.17) is 0 Å². The van der Waals surface area contributed by atoms with Crippen LogP contribution in [0.3, 0.4) is 0 Å². The Morgan fingerprint density at radius 2 is 1.32 bits per heavy atom. The monoisotopic (exact) mass is 562 g/mol. The number of anilines is 2. The van der Waals surface area contributed by atoms with E-state index in [9.17, 15) is 4.79 Å². The standard InChI is InChI=1S/C34H31BrN2O/c1-34(2)21-31-30(32(38)22-34)23-36(28-19-15-25(16-20-28)24-9-5-3-6-10-24)33(26-13-17-27(35)18-14-26)37(31)29-11-7-4-8-12-29/h3-20,33H,21-23H2,1-2H3. The van der Waals surface area contributed by atoms with Gasteiger partial charge in [-0.1, -0.05) is 103 Å². The molecular formula is C34H31BrN2O. The van der Waals surface area contributed by atoms with E-state index in [0.29, 0.717) is 13.0 Å². The van der Waals surface area contributed by atoms with Crippen LogP contribution in [0.15, 0.2) is 125 Å². The van der Waals surface area contributed by atoms with E-state index in [0.717, 1.165) is 33.5 Å². The smallest absolute Gasteiger partial charge is 0.162 e. The molecule has 0 radical (unpaired) electrons. The Morgan fingerprint density at radius 3 is 1.97 bits per heavy atom. The van der Waals surface area contributed by atoms with E-state index in [1.165, 1.54) is 16.7 Å². The van der Waals surface area contributed by atoms with Crippen LogP contribution in [-0.4, -0.2) is 12.3 Å². The Kier molecular flexibility index (Phi) is 6.45. The van der Waals surface area contributed by atoms with Gasteiger partial charge in [-0.2, -0.15) is 0 Å². The van der Waals surface area contributed by atoms with Crippen molar-refractivity contribution in [3.05, 3.63) is 131 Å². The number of allylic oxidation sites excluding steroid dienone is 1. The van der Waals surface area contributed by atoms with Crippen LogP contribution in [0.5, 0.6) is 0 Å². The molecule has 1 heterocycles. The van der Waals surface area contributed by atoms with Crippen molar-refractivity contribution in [2.24, 2.45) is 5.41 Å². The van der Waals surface area contributed by atoms with Crippen molar-refractivity contribution in [3.63, 3.8) is 0 Å². The third-order valence-electron chi connectivity index (χ3n) is 7.64. The lowest BCUT2D eigenvalue weighted by molar-refractivity contribution is -0.118. The fraction of sp³-hybridized carbons (Fsp3) is 0.206. The maximum Gasteiger partial charge on any atom is 0.162 e. The highest BCUT2D eigenvalue weighted by Crippen LogP contribution is 2.48. The molecule has 3 nitrogen and oxygen atoms in total. The van der Waals surface area contributed by atoms with Gasteiger partial charge in [-0.25, -0.2) is 0 Å². The Hall–Kier alpha value is -3.63. The molecule has 2 aliphatic rings. The summed E-state index contributed by atoms with van der Waals surface area (Å²) in [6.45, 7) is 5.02. The summed E-state index contributed by atoms with van der Waals surface area (Å²) in [7, 11) is 0. The molecule has 0 fully saturated rings. The average molecular weight is 564 g/mol. The molecule has 1 unspecified atom stereocenters. The summed E-state index contributed by atoms with van der Waals surface area (Å²) in [5.41, 5.74) is 7.78. The van der Waals surface area contributed by atoms with Gasteiger partial charge in [0.05, 0.1) is 6.54 Å². The minimum Gasteiger partial charge on any atom is -0.342 e. The van der Waals surface area contributed by atoms with E-state index in [2.05, 4.69) is 137 Å². The van der Waals surface area contributed by atoms with Crippen LogP contribution < -0.4 is 9.80 Å². The maximum absolute atomic E-state index is 13.6. The highest BCUT2D eigenvalue weighted by Gasteiger charge is 2.43. The lowest BCUT2D eigenvalue weighted by atomic mass is 9.74. The second-order valence-electron chi connectivity index (χ2n) is 11.0. The first-order valence-electron chi connectivity index (χ1n) is 13.2. The van der Waals surface area contributed by atoms with Crippen molar-refractivity contribution in [2.75, 3.05) is 16.3 Å². The number of hydrogen-bond donors (Lipinski definition) is 0. The molecular weight excluding hydrogens is 532 g/mol. The van der Waals surface area contributed by atoms with E-state index >= 15 is 0 Å². The number of ketones is 1. The first-order chi connectivity index (χ1) is 18.4. The number of rotatable bonds is 4. The number of halogens is 1. The van der Waals surface area contributed by atoms with Crippen LogP contribution in [0.25, 0.3) is 11.1 Å². The van der Waals surface area contributed by atoms with Gasteiger partial charge in [0.2, 0.25) is 0 Å². The van der Waals surface area contributed by atoms with Crippen LogP contribution in [-0.2, 0) is 4.79 Å². The number of benzene rings is 4. The quantitative estimate of drug-likeness (QED) is 0.248. The lowest BCUT2D eigenvalue weighted by Crippen LogP contribution is -2.51. The fourth-order valence-electron chi connectivity index (χ4n) is 5.84. The van der Waals surface area contributed by atoms with Crippen LogP contribution in [0.2, 0.25) is 0 Å². The highest BCUT2D eigenvalue weighted by molar-refractivity contribution is 9.10. The predicted molar refractivity (Wildman–Crippen MR) is 160 cm³/mol. The zero-order valence-corrected chi connectivity index (χ0v) is 23.4. The summed E-state index contributed by atoms with van der Waals surface area (Å²) < 4.78 is 1.05. The predicted octanol–water partition coefficient (Wildman–Crippen LogP) is 8.78. The van der Waals surface area contributed by atoms with Crippen LogP contribution in [0, 0.1) is 5.41 Å². The third-order valence-corrected chi connectivity index (χ3v) is 8.17. The Morgan fingerprint density at radius 1 is 0.711 bits per heavy atom. The number of nitrogens with zero attached hydrogens (tertiary/aromatic N) is 2. The maximum atomic E-state index is 13.6. The largest absolute Gasteiger partial charge is 0.342 e. The zero-order valence-electron chi connectivity index (χ0n) is 21.8. The van der Waals surface area contributed by atoms with Crippen LogP contribution >= 0.6 is 15.9 Å². The molecule has 1 aliphatic carbocycles. The van der Waals surface area contributed by atoms with Gasteiger partial charge in [0.25, 0.3) is 0 Å². The van der Waals surface area contributed by atoms with Crippen molar-refractivity contribution >= 4 is 33.1 Å². The van der Waals surface area contributed by atoms with Gasteiger partial charge < -0.3 is 9.80 Å². The van der Waals surface area contributed by atoms with Crippen molar-refractivity contribution in [3.8, 4) is 11.1 Å². The number of para-hydroxylation sites is 1. The van der Waals surface area contributed by atoms with E-state index in [-0.39, 0.29) is 17.4 Å². The minimum absolute atomic E-state index is 0.0767. The molecule has 0 aromatic heterocycles. The number of hydrogen-bond acceptors (Lipinski definition) is 3. The van der Waals surface area contributed by atoms with Gasteiger partial charge in [0.15, 0.2) is 5.78 Å². The molecule has 0 amide bonds. The van der Waals surface area contributed by atoms with Crippen LogP contribution in [0.4, 0.5) is 11.4 Å². The van der Waals surface area contributed by atoms with E-state index < -0.39 is 0 Å². The molecule has 0 saturated carbocycles. The zero-order chi connectivity index (χ0) is 26.3. The number of carbonyl (C=O) groups is 1. The van der Waals surface area contributed by atoms with Gasteiger partial charge in [-0.3, -0.25) is 4.79 Å². The molecule has 0 N–H and O–H groups in total. The molecule has 1 aliphatic heterocycles. The molecule has 0 bridgehead atoms. The Bertz CT molecular complexity index is 1480. The minimum atomic E-state index is -0.0893. The second kappa shape index (κ2) is 9.92. The van der Waals surface area contributed by atoms with Gasteiger partial charge in [0.1, 0.15) is 6.17 Å². The van der Waals surface area contributed by atoms with Crippen molar-refractivity contribution < 1.29 is 4.79 Å². The number of Topliss-reactive ketones (excluding diaryl/α,β-unsaturated/α-hetero) is 1. The molecule has 4 aromatic rings. The molecule has 4 heteroatoms. The van der Waals surface area contributed by atoms with Gasteiger partial charge in [0, 0.05) is 33.5 Å². The lowest BCUT2D eigenvalue weighted by Gasteiger charge is -2.51. The van der Waals surface area contributed by atoms with Crippen LogP contribution in [0.1, 0.15) is 38.4 Å². The number of carbonyl (C=O) groups excluding carboxylic acids is 1. The Labute approximate surface area is 233 Å². The molecule has 38 heavy (non-hydrogen) atoms. The molecule has 190 valence electrons. The highest BCUT2D eigenvalue weighted by atomic mass is 79.9. The molecule has 4 aromatic carbocycles. The molecule has 6 rings (SSSR count). The first-order valence-corrected chi connectivity index (χ1v) is 14.0. The van der Waals surface area contributed by atoms with E-state index in [1.807, 2.05) is 12.1 Å². The summed E-state index contributed by atoms with van der Waals surface area (Å²) in [5.74, 6) is 0.261. The average Bonchev–Trinajstić information content (AvgIpc) is 2.93. The summed E-state index contributed by atoms with van der Waals surface area (Å²) in [6.07, 6.45) is 1.36. The van der Waals surface area contributed by atoms with E-state index in [1.54, 1.807) is 0 Å². The normalized spacial score (nSPS) is 18.9. The fourth-order valence-corrected chi connectivity index (χ4v) is 6.10. The SMILES string of the molecule is CC1(C)CC(=O)C2=C(C1)N(c1ccccc1)C(c1ccc(Br)cc1)N(c1ccc(-c3ccccc3)cc1)C2. The second-order valence-corrected chi connectivity index (χ2v) is 12.0. The third kappa shape index (κ3) is 4.69. The Balaban J connectivity index is 1.52. The summed E-state index contributed by atoms with van der Waals surface area (Å²) in [4.78, 5) is 18.4.